The van der Waals surface area contributed by atoms with E-state index in [1.54, 1.807) is 0 Å². The summed E-state index contributed by atoms with van der Waals surface area (Å²) in [6.07, 6.45) is -34.7. The van der Waals surface area contributed by atoms with Crippen LogP contribution in [0.25, 0.3) is 0 Å². The molecule has 254 valence electrons. The molecule has 0 aliphatic rings. The number of benzene rings is 3. The van der Waals surface area contributed by atoms with Crippen molar-refractivity contribution in [2.24, 2.45) is 0 Å². The number of nitrogen functional groups attached to an aromatic ring is 2. The number of halogens is 18. The SMILES string of the molecule is Nc1cc(C(F)(F)F)cc(Oc2cc(Oc3cc(C(F)(F)F)cc(N)c3C(F)(F)F)c(C(F)(F)F)cc2C(F)(F)F)c1C(F)(F)F. The van der Waals surface area contributed by atoms with Crippen molar-refractivity contribution in [3.05, 3.63) is 69.8 Å². The van der Waals surface area contributed by atoms with E-state index in [9.17, 15) is 79.0 Å². The van der Waals surface area contributed by atoms with E-state index in [1.165, 1.54) is 0 Å². The van der Waals surface area contributed by atoms with Gasteiger partial charge in [0.15, 0.2) is 0 Å². The lowest BCUT2D eigenvalue weighted by atomic mass is 10.0. The number of hydrogen-bond acceptors (Lipinski definition) is 4. The molecule has 0 spiro atoms. The Morgan fingerprint density at radius 1 is 0.348 bits per heavy atom. The molecular formula is C24H10F18N2O2. The first kappa shape index (κ1) is 36.1. The quantitative estimate of drug-likeness (QED) is 0.210. The van der Waals surface area contributed by atoms with Crippen LogP contribution in [-0.2, 0) is 37.1 Å². The number of ether oxygens (including phenoxy) is 2. The number of rotatable bonds is 4. The average molecular weight is 700 g/mol. The van der Waals surface area contributed by atoms with Gasteiger partial charge in [0.05, 0.1) is 22.3 Å². The smallest absolute Gasteiger partial charge is 0.421 e. The second-order valence-electron chi connectivity index (χ2n) is 8.91. The molecule has 0 radical (unpaired) electrons. The first-order valence-corrected chi connectivity index (χ1v) is 11.3. The normalized spacial score (nSPS) is 13.6. The first-order chi connectivity index (χ1) is 20.4. The van der Waals surface area contributed by atoms with Crippen molar-refractivity contribution in [2.75, 3.05) is 11.5 Å². The van der Waals surface area contributed by atoms with Crippen LogP contribution in [-0.4, -0.2) is 0 Å². The third-order valence-electron chi connectivity index (χ3n) is 5.62. The topological polar surface area (TPSA) is 70.5 Å². The molecule has 0 aliphatic heterocycles. The van der Waals surface area contributed by atoms with E-state index < -0.39 is 129 Å². The van der Waals surface area contributed by atoms with Gasteiger partial charge in [-0.15, -0.1) is 0 Å². The second kappa shape index (κ2) is 11.1. The van der Waals surface area contributed by atoms with Crippen molar-refractivity contribution < 1.29 is 88.5 Å². The van der Waals surface area contributed by atoms with Crippen LogP contribution in [0.3, 0.4) is 0 Å². The summed E-state index contributed by atoms with van der Waals surface area (Å²) in [5, 5.41) is 0. The zero-order chi connectivity index (χ0) is 35.6. The Bertz CT molecular complexity index is 1510. The van der Waals surface area contributed by atoms with Gasteiger partial charge in [-0.2, -0.15) is 79.0 Å². The van der Waals surface area contributed by atoms with E-state index in [-0.39, 0.29) is 12.1 Å². The fourth-order valence-corrected chi connectivity index (χ4v) is 3.78. The molecule has 0 bridgehead atoms. The highest BCUT2D eigenvalue weighted by atomic mass is 19.4. The van der Waals surface area contributed by atoms with Crippen molar-refractivity contribution in [3.63, 3.8) is 0 Å². The molecule has 0 saturated carbocycles. The highest BCUT2D eigenvalue weighted by Crippen LogP contribution is 2.52. The highest BCUT2D eigenvalue weighted by molar-refractivity contribution is 5.63. The Balaban J connectivity index is 2.44. The Labute approximate surface area is 242 Å². The number of alkyl halides is 18. The molecule has 0 aromatic heterocycles. The van der Waals surface area contributed by atoms with Crippen molar-refractivity contribution in [3.8, 4) is 23.0 Å². The van der Waals surface area contributed by atoms with Crippen molar-refractivity contribution in [1.29, 1.82) is 0 Å². The lowest BCUT2D eigenvalue weighted by molar-refractivity contribution is -0.145. The summed E-state index contributed by atoms with van der Waals surface area (Å²) >= 11 is 0. The van der Waals surface area contributed by atoms with Crippen LogP contribution in [0.15, 0.2) is 36.4 Å². The molecule has 22 heteroatoms. The van der Waals surface area contributed by atoms with Crippen LogP contribution in [0.1, 0.15) is 33.4 Å². The Kier molecular flexibility index (Phi) is 8.74. The van der Waals surface area contributed by atoms with Gasteiger partial charge in [-0.05, 0) is 30.3 Å². The van der Waals surface area contributed by atoms with Crippen LogP contribution in [0, 0.1) is 0 Å². The molecule has 4 N–H and O–H groups in total. The van der Waals surface area contributed by atoms with Crippen molar-refractivity contribution in [2.45, 2.75) is 37.1 Å². The summed E-state index contributed by atoms with van der Waals surface area (Å²) in [5.74, 6) is -8.80. The van der Waals surface area contributed by atoms with E-state index in [1.807, 2.05) is 0 Å². The summed E-state index contributed by atoms with van der Waals surface area (Å²) in [5.41, 5.74) is -7.70. The summed E-state index contributed by atoms with van der Waals surface area (Å²) in [6, 6.07) is -3.30. The zero-order valence-corrected chi connectivity index (χ0v) is 21.2. The summed E-state index contributed by atoms with van der Waals surface area (Å²) in [4.78, 5) is 0. The maximum absolute atomic E-state index is 13.8. The Morgan fingerprint density at radius 2 is 0.652 bits per heavy atom. The molecule has 46 heavy (non-hydrogen) atoms. The van der Waals surface area contributed by atoms with Gasteiger partial charge in [0.1, 0.15) is 34.1 Å². The number of anilines is 2. The second-order valence-corrected chi connectivity index (χ2v) is 8.91. The lowest BCUT2D eigenvalue weighted by Gasteiger charge is -2.23. The molecule has 0 aliphatic carbocycles. The molecule has 3 aromatic rings. The Hall–Kier alpha value is -4.40. The van der Waals surface area contributed by atoms with Gasteiger partial charge in [0.2, 0.25) is 0 Å². The summed E-state index contributed by atoms with van der Waals surface area (Å²) < 4.78 is 253. The predicted octanol–water partition coefficient (Wildman–Crippen LogP) is 10.5. The summed E-state index contributed by atoms with van der Waals surface area (Å²) in [6.45, 7) is 0. The molecule has 0 unspecified atom stereocenters. The van der Waals surface area contributed by atoms with Gasteiger partial charge in [-0.25, -0.2) is 0 Å². The molecule has 0 atom stereocenters. The van der Waals surface area contributed by atoms with Crippen molar-refractivity contribution >= 4 is 11.4 Å². The third kappa shape index (κ3) is 7.69. The van der Waals surface area contributed by atoms with Gasteiger partial charge in [0, 0.05) is 17.4 Å². The van der Waals surface area contributed by atoms with Crippen LogP contribution in [0.2, 0.25) is 0 Å². The monoisotopic (exact) mass is 700 g/mol. The maximum Gasteiger partial charge on any atom is 0.421 e. The van der Waals surface area contributed by atoms with Gasteiger partial charge >= 0.3 is 37.1 Å². The van der Waals surface area contributed by atoms with E-state index in [0.29, 0.717) is 0 Å². The predicted molar refractivity (Wildman–Crippen MR) is 118 cm³/mol. The Morgan fingerprint density at radius 3 is 0.891 bits per heavy atom. The number of nitrogens with two attached hydrogens (primary N) is 2. The molecule has 4 nitrogen and oxygen atoms in total. The molecule has 3 rings (SSSR count). The molecule has 3 aromatic carbocycles. The molecule has 0 heterocycles. The largest absolute Gasteiger partial charge is 0.456 e. The van der Waals surface area contributed by atoms with Crippen LogP contribution >= 0.6 is 0 Å². The van der Waals surface area contributed by atoms with Gasteiger partial charge in [-0.3, -0.25) is 0 Å². The molecule has 0 fully saturated rings. The third-order valence-corrected chi connectivity index (χ3v) is 5.62. The molecular weight excluding hydrogens is 690 g/mol. The minimum absolute atomic E-state index is 0.307. The van der Waals surface area contributed by atoms with E-state index in [0.717, 1.165) is 0 Å². The molecule has 0 amide bonds. The highest BCUT2D eigenvalue weighted by Gasteiger charge is 2.46. The van der Waals surface area contributed by atoms with Gasteiger partial charge in [-0.1, -0.05) is 0 Å². The fraction of sp³-hybridized carbons (Fsp3) is 0.250. The first-order valence-electron chi connectivity index (χ1n) is 11.3. The van der Waals surface area contributed by atoms with Gasteiger partial charge < -0.3 is 20.9 Å². The van der Waals surface area contributed by atoms with Crippen LogP contribution in [0.4, 0.5) is 90.4 Å². The zero-order valence-electron chi connectivity index (χ0n) is 21.2. The van der Waals surface area contributed by atoms with E-state index in [2.05, 4.69) is 9.47 Å². The minimum atomic E-state index is -6.03. The fourth-order valence-electron chi connectivity index (χ4n) is 3.78. The van der Waals surface area contributed by atoms with Crippen LogP contribution < -0.4 is 20.9 Å². The lowest BCUT2D eigenvalue weighted by Crippen LogP contribution is -2.17. The molecule has 0 saturated heterocycles. The summed E-state index contributed by atoms with van der Waals surface area (Å²) in [7, 11) is 0. The van der Waals surface area contributed by atoms with E-state index in [4.69, 9.17) is 11.5 Å². The van der Waals surface area contributed by atoms with Crippen LogP contribution in [0.5, 0.6) is 23.0 Å². The minimum Gasteiger partial charge on any atom is -0.456 e. The van der Waals surface area contributed by atoms with Crippen molar-refractivity contribution in [1.82, 2.24) is 0 Å². The van der Waals surface area contributed by atoms with E-state index >= 15 is 0 Å². The average Bonchev–Trinajstić information content (AvgIpc) is 2.79. The number of hydrogen-bond donors (Lipinski definition) is 2. The maximum atomic E-state index is 13.8. The van der Waals surface area contributed by atoms with Gasteiger partial charge in [0.25, 0.3) is 0 Å². The standard InChI is InChI=1S/C24H10F18N2O2/c25-19(26,27)7-1-11(43)17(23(37,38)39)15(3-7)45-13-6-14(10(22(34,35)36)5-9(13)21(31,32)33)46-16-4-8(20(28,29)30)2-12(44)18(16)24(40,41)42/h1-6H,43-44H2.